The van der Waals surface area contributed by atoms with E-state index in [0.717, 1.165) is 25.7 Å². The van der Waals surface area contributed by atoms with Crippen LogP contribution in [0.3, 0.4) is 0 Å². The van der Waals surface area contributed by atoms with Crippen molar-refractivity contribution in [2.24, 2.45) is 17.8 Å². The molecule has 5 heteroatoms. The number of aliphatic hydroxyl groups is 1. The van der Waals surface area contributed by atoms with Crippen molar-refractivity contribution < 1.29 is 24.4 Å². The van der Waals surface area contributed by atoms with Crippen molar-refractivity contribution >= 4 is 0 Å². The Morgan fingerprint density at radius 1 is 1.10 bits per heavy atom. The number of aliphatic hydroxyl groups excluding tert-OH is 1. The summed E-state index contributed by atoms with van der Waals surface area (Å²) >= 11 is 0. The lowest BCUT2D eigenvalue weighted by molar-refractivity contribution is -0.541. The maximum absolute atomic E-state index is 9.83. The second kappa shape index (κ2) is 3.96. The molecule has 0 aromatic carbocycles. The van der Waals surface area contributed by atoms with E-state index >= 15 is 0 Å². The first-order chi connectivity index (χ1) is 9.44. The predicted octanol–water partition coefficient (Wildman–Crippen LogP) is 1.98. The Labute approximate surface area is 119 Å². The molecule has 0 aromatic heterocycles. The molecule has 1 N–H and O–H groups in total. The van der Waals surface area contributed by atoms with E-state index < -0.39 is 23.3 Å². The Bertz CT molecular complexity index is 428. The average Bonchev–Trinajstić information content (AvgIpc) is 2.51. The fourth-order valence-corrected chi connectivity index (χ4v) is 4.96. The molecule has 4 saturated heterocycles. The minimum atomic E-state index is -0.724. The second-order valence-electron chi connectivity index (χ2n) is 7.44. The highest BCUT2D eigenvalue weighted by Crippen LogP contribution is 2.63. The third-order valence-corrected chi connectivity index (χ3v) is 6.15. The molecule has 2 bridgehead atoms. The van der Waals surface area contributed by atoms with Gasteiger partial charge in [0.25, 0.3) is 0 Å². The van der Waals surface area contributed by atoms with E-state index in [1.54, 1.807) is 0 Å². The lowest BCUT2D eigenvalue weighted by Gasteiger charge is -2.50. The number of rotatable bonds is 1. The number of ether oxygens (including phenoxy) is 2. The Morgan fingerprint density at radius 2 is 1.90 bits per heavy atom. The summed E-state index contributed by atoms with van der Waals surface area (Å²) in [7, 11) is 0. The summed E-state index contributed by atoms with van der Waals surface area (Å²) in [5.41, 5.74) is -1.15. The van der Waals surface area contributed by atoms with Crippen LogP contribution in [-0.4, -0.2) is 35.0 Å². The molecule has 4 heterocycles. The maximum atomic E-state index is 9.83. The standard InChI is InChI=1S/C15H24O5/c1-9-4-5-11-13(2,8-16)17-12-15(11)10(9)6-7-14(3,18-12)19-20-15/h9-12,16H,4-8H2,1-3H3/t9-,10+,11+,12-,13?,14+,15-/m1/s1. The first kappa shape index (κ1) is 13.5. The van der Waals surface area contributed by atoms with Crippen LogP contribution in [0.5, 0.6) is 0 Å². The lowest BCUT2D eigenvalue weighted by Crippen LogP contribution is -2.62. The summed E-state index contributed by atoms with van der Waals surface area (Å²) < 4.78 is 12.3. The molecule has 4 aliphatic heterocycles. The van der Waals surface area contributed by atoms with Crippen LogP contribution in [-0.2, 0) is 19.2 Å². The van der Waals surface area contributed by atoms with E-state index in [0.29, 0.717) is 11.8 Å². The van der Waals surface area contributed by atoms with E-state index in [4.69, 9.17) is 19.2 Å². The van der Waals surface area contributed by atoms with Gasteiger partial charge in [-0.25, -0.2) is 9.78 Å². The van der Waals surface area contributed by atoms with E-state index in [2.05, 4.69) is 6.92 Å². The minimum Gasteiger partial charge on any atom is -0.393 e. The fraction of sp³-hybridized carbons (Fsp3) is 1.00. The molecule has 0 amide bonds. The van der Waals surface area contributed by atoms with Gasteiger partial charge in [0.15, 0.2) is 11.9 Å². The molecule has 1 aliphatic carbocycles. The van der Waals surface area contributed by atoms with Crippen molar-refractivity contribution in [1.29, 1.82) is 0 Å². The molecule has 114 valence electrons. The normalized spacial score (nSPS) is 61.2. The first-order valence-corrected chi connectivity index (χ1v) is 7.77. The summed E-state index contributed by atoms with van der Waals surface area (Å²) in [5, 5.41) is 9.83. The average molecular weight is 284 g/mol. The monoisotopic (exact) mass is 284 g/mol. The van der Waals surface area contributed by atoms with Crippen LogP contribution >= 0.6 is 0 Å². The number of hydrogen-bond donors (Lipinski definition) is 1. The molecule has 1 spiro atoms. The number of fused-ring (bicyclic) bond motifs is 2. The van der Waals surface area contributed by atoms with Gasteiger partial charge >= 0.3 is 0 Å². The fourth-order valence-electron chi connectivity index (χ4n) is 4.96. The molecule has 20 heavy (non-hydrogen) atoms. The van der Waals surface area contributed by atoms with E-state index in [9.17, 15) is 5.11 Å². The predicted molar refractivity (Wildman–Crippen MR) is 69.4 cm³/mol. The largest absolute Gasteiger partial charge is 0.393 e. The van der Waals surface area contributed by atoms with Gasteiger partial charge in [-0.3, -0.25) is 0 Å². The van der Waals surface area contributed by atoms with Crippen molar-refractivity contribution in [2.75, 3.05) is 6.61 Å². The smallest absolute Gasteiger partial charge is 0.201 e. The third kappa shape index (κ3) is 1.45. The Kier molecular flexibility index (Phi) is 2.66. The quantitative estimate of drug-likeness (QED) is 0.746. The van der Waals surface area contributed by atoms with Crippen LogP contribution in [0.15, 0.2) is 0 Å². The third-order valence-electron chi connectivity index (χ3n) is 6.15. The first-order valence-electron chi connectivity index (χ1n) is 7.77. The highest BCUT2D eigenvalue weighted by atomic mass is 17.3. The van der Waals surface area contributed by atoms with E-state index in [1.165, 1.54) is 0 Å². The van der Waals surface area contributed by atoms with Crippen LogP contribution < -0.4 is 0 Å². The van der Waals surface area contributed by atoms with E-state index in [1.807, 2.05) is 13.8 Å². The Hall–Kier alpha value is -0.200. The highest BCUT2D eigenvalue weighted by molar-refractivity contribution is 5.14. The second-order valence-corrected chi connectivity index (χ2v) is 7.44. The minimum absolute atomic E-state index is 0.0134. The van der Waals surface area contributed by atoms with Gasteiger partial charge in [-0.15, -0.1) is 0 Å². The summed E-state index contributed by atoms with van der Waals surface area (Å²) in [6.45, 7) is 6.15. The van der Waals surface area contributed by atoms with Gasteiger partial charge in [0.2, 0.25) is 5.79 Å². The van der Waals surface area contributed by atoms with Crippen molar-refractivity contribution in [3.8, 4) is 0 Å². The zero-order valence-corrected chi connectivity index (χ0v) is 12.4. The molecule has 5 nitrogen and oxygen atoms in total. The van der Waals surface area contributed by atoms with Gasteiger partial charge in [-0.2, -0.15) is 0 Å². The summed E-state index contributed by atoms with van der Waals surface area (Å²) in [4.78, 5) is 11.6. The van der Waals surface area contributed by atoms with Gasteiger partial charge in [-0.05, 0) is 44.9 Å². The van der Waals surface area contributed by atoms with Gasteiger partial charge in [-0.1, -0.05) is 6.92 Å². The molecule has 7 atom stereocenters. The molecule has 5 rings (SSSR count). The topological polar surface area (TPSA) is 57.2 Å². The molecule has 0 aromatic rings. The van der Waals surface area contributed by atoms with Gasteiger partial charge in [0.1, 0.15) is 0 Å². The summed E-state index contributed by atoms with van der Waals surface area (Å²) in [6, 6.07) is 0. The molecule has 5 fully saturated rings. The number of hydrogen-bond acceptors (Lipinski definition) is 5. The van der Waals surface area contributed by atoms with Crippen LogP contribution in [0, 0.1) is 17.8 Å². The Morgan fingerprint density at radius 3 is 2.65 bits per heavy atom. The molecule has 1 unspecified atom stereocenters. The summed E-state index contributed by atoms with van der Waals surface area (Å²) in [5.74, 6) is 0.321. The molecule has 0 radical (unpaired) electrons. The molecule has 1 saturated carbocycles. The van der Waals surface area contributed by atoms with Crippen LogP contribution in [0.2, 0.25) is 0 Å². The van der Waals surface area contributed by atoms with E-state index in [-0.39, 0.29) is 12.5 Å². The van der Waals surface area contributed by atoms with Crippen LogP contribution in [0.4, 0.5) is 0 Å². The van der Waals surface area contributed by atoms with Crippen LogP contribution in [0.1, 0.15) is 46.5 Å². The Balaban J connectivity index is 1.84. The highest BCUT2D eigenvalue weighted by Gasteiger charge is 2.73. The summed E-state index contributed by atoms with van der Waals surface area (Å²) in [6.07, 6.45) is 3.54. The van der Waals surface area contributed by atoms with Crippen molar-refractivity contribution in [3.05, 3.63) is 0 Å². The molecule has 5 aliphatic rings. The molecular weight excluding hydrogens is 260 g/mol. The zero-order chi connectivity index (χ0) is 14.2. The van der Waals surface area contributed by atoms with Gasteiger partial charge in [0, 0.05) is 12.3 Å². The van der Waals surface area contributed by atoms with Gasteiger partial charge in [0.05, 0.1) is 12.2 Å². The molecular formula is C15H24O5. The zero-order valence-electron chi connectivity index (χ0n) is 12.4. The maximum Gasteiger partial charge on any atom is 0.201 e. The van der Waals surface area contributed by atoms with Crippen molar-refractivity contribution in [1.82, 2.24) is 0 Å². The van der Waals surface area contributed by atoms with Crippen molar-refractivity contribution in [3.63, 3.8) is 0 Å². The van der Waals surface area contributed by atoms with Crippen molar-refractivity contribution in [2.45, 2.75) is 69.7 Å². The van der Waals surface area contributed by atoms with Crippen LogP contribution in [0.25, 0.3) is 0 Å². The lowest BCUT2D eigenvalue weighted by atomic mass is 9.60. The SMILES string of the molecule is C[C@@H]1CC[C@H]2C(C)(CO)O[C@@H]3O[C@]4(C)CC[C@@H]1[C@]32OO4. The van der Waals surface area contributed by atoms with Gasteiger partial charge < -0.3 is 14.6 Å².